The summed E-state index contributed by atoms with van der Waals surface area (Å²) in [5, 5.41) is 13.2. The van der Waals surface area contributed by atoms with Gasteiger partial charge in [0.25, 0.3) is 0 Å². The van der Waals surface area contributed by atoms with Gasteiger partial charge in [0.2, 0.25) is 0 Å². The van der Waals surface area contributed by atoms with Crippen molar-refractivity contribution < 1.29 is 5.11 Å². The molecule has 15 heavy (non-hydrogen) atoms. The van der Waals surface area contributed by atoms with Gasteiger partial charge in [0.05, 0.1) is 6.10 Å². The van der Waals surface area contributed by atoms with Gasteiger partial charge < -0.3 is 10.4 Å². The van der Waals surface area contributed by atoms with Crippen molar-refractivity contribution in [2.24, 2.45) is 0 Å². The van der Waals surface area contributed by atoms with Gasteiger partial charge in [0.15, 0.2) is 0 Å². The van der Waals surface area contributed by atoms with Crippen molar-refractivity contribution in [1.29, 1.82) is 0 Å². The van der Waals surface area contributed by atoms with E-state index in [4.69, 9.17) is 0 Å². The molecule has 1 aromatic rings. The second kappa shape index (κ2) is 4.73. The third kappa shape index (κ3) is 2.55. The van der Waals surface area contributed by atoms with Crippen LogP contribution in [0.4, 0.5) is 0 Å². The molecule has 1 heterocycles. The zero-order valence-electron chi connectivity index (χ0n) is 9.06. The van der Waals surface area contributed by atoms with Crippen LogP contribution in [0.2, 0.25) is 0 Å². The van der Waals surface area contributed by atoms with E-state index in [9.17, 15) is 5.11 Å². The monoisotopic (exact) mass is 206 g/mol. The van der Waals surface area contributed by atoms with Crippen LogP contribution in [0.15, 0.2) is 24.5 Å². The van der Waals surface area contributed by atoms with Crippen LogP contribution in [0.3, 0.4) is 0 Å². The lowest BCUT2D eigenvalue weighted by Gasteiger charge is -2.22. The Kier molecular flexibility index (Phi) is 3.34. The number of nitrogens with zero attached hydrogens (tertiary/aromatic N) is 1. The molecular weight excluding hydrogens is 188 g/mol. The zero-order chi connectivity index (χ0) is 10.7. The first kappa shape index (κ1) is 10.6. The fraction of sp³-hybridized carbons (Fsp3) is 0.583. The van der Waals surface area contributed by atoms with E-state index in [1.807, 2.05) is 12.3 Å². The third-order valence-corrected chi connectivity index (χ3v) is 3.13. The number of hydrogen-bond acceptors (Lipinski definition) is 3. The van der Waals surface area contributed by atoms with Crippen LogP contribution < -0.4 is 5.32 Å². The molecule has 1 aliphatic rings. The molecule has 1 aliphatic carbocycles. The minimum atomic E-state index is -0.177. The molecule has 1 aromatic heterocycles. The molecule has 0 aromatic carbocycles. The van der Waals surface area contributed by atoms with Crippen molar-refractivity contribution in [3.63, 3.8) is 0 Å². The highest BCUT2D eigenvalue weighted by Gasteiger charge is 2.26. The summed E-state index contributed by atoms with van der Waals surface area (Å²) >= 11 is 0. The molecule has 1 unspecified atom stereocenters. The predicted molar refractivity (Wildman–Crippen MR) is 59.4 cm³/mol. The molecule has 0 radical (unpaired) electrons. The minimum absolute atomic E-state index is 0.177. The van der Waals surface area contributed by atoms with Gasteiger partial charge in [-0.2, -0.15) is 0 Å². The van der Waals surface area contributed by atoms with Gasteiger partial charge in [-0.3, -0.25) is 4.98 Å². The number of aliphatic hydroxyl groups excluding tert-OH is 1. The molecule has 0 spiro atoms. The van der Waals surface area contributed by atoms with E-state index in [-0.39, 0.29) is 18.2 Å². The summed E-state index contributed by atoms with van der Waals surface area (Å²) in [5.74, 6) is 0. The lowest BCUT2D eigenvalue weighted by atomic mass is 10.1. The van der Waals surface area contributed by atoms with E-state index in [0.717, 1.165) is 19.3 Å². The van der Waals surface area contributed by atoms with Gasteiger partial charge in [-0.15, -0.1) is 0 Å². The zero-order valence-corrected chi connectivity index (χ0v) is 9.06. The summed E-state index contributed by atoms with van der Waals surface area (Å²) in [4.78, 5) is 4.10. The standard InChI is InChI=1S/C12H18N2O/c1-9(10-4-3-7-13-8-10)14-11-5-2-6-12(11)15/h3-4,7-9,11-12,14-15H,2,5-6H2,1H3/t9?,11-,12-/m0/s1. The quantitative estimate of drug-likeness (QED) is 0.790. The largest absolute Gasteiger partial charge is 0.392 e. The topological polar surface area (TPSA) is 45.1 Å². The van der Waals surface area contributed by atoms with Crippen LogP contribution in [0.5, 0.6) is 0 Å². The van der Waals surface area contributed by atoms with Crippen molar-refractivity contribution in [3.05, 3.63) is 30.1 Å². The molecule has 2 N–H and O–H groups in total. The minimum Gasteiger partial charge on any atom is -0.392 e. The molecule has 2 rings (SSSR count). The highest BCUT2D eigenvalue weighted by atomic mass is 16.3. The predicted octanol–water partition coefficient (Wildman–Crippen LogP) is 1.65. The Morgan fingerprint density at radius 1 is 1.53 bits per heavy atom. The van der Waals surface area contributed by atoms with Gasteiger partial charge >= 0.3 is 0 Å². The Hall–Kier alpha value is -0.930. The summed E-state index contributed by atoms with van der Waals surface area (Å²) in [7, 11) is 0. The van der Waals surface area contributed by atoms with Gasteiger partial charge in [0, 0.05) is 24.5 Å². The van der Waals surface area contributed by atoms with Crippen LogP contribution in [0.25, 0.3) is 0 Å². The molecule has 3 heteroatoms. The first-order valence-corrected chi connectivity index (χ1v) is 5.61. The Balaban J connectivity index is 1.95. The third-order valence-electron chi connectivity index (χ3n) is 3.13. The molecular formula is C12H18N2O. The van der Waals surface area contributed by atoms with Crippen LogP contribution in [0.1, 0.15) is 37.8 Å². The number of aliphatic hydroxyl groups is 1. The summed E-state index contributed by atoms with van der Waals surface area (Å²) < 4.78 is 0. The molecule has 3 nitrogen and oxygen atoms in total. The molecule has 0 bridgehead atoms. The second-order valence-electron chi connectivity index (χ2n) is 4.28. The smallest absolute Gasteiger partial charge is 0.0693 e. The molecule has 82 valence electrons. The molecule has 1 saturated carbocycles. The fourth-order valence-corrected chi connectivity index (χ4v) is 2.18. The van der Waals surface area contributed by atoms with Gasteiger partial charge in [-0.05, 0) is 37.8 Å². The number of hydrogen-bond donors (Lipinski definition) is 2. The maximum Gasteiger partial charge on any atom is 0.0693 e. The molecule has 0 saturated heterocycles. The Labute approximate surface area is 90.5 Å². The van der Waals surface area contributed by atoms with Crippen molar-refractivity contribution in [3.8, 4) is 0 Å². The number of rotatable bonds is 3. The normalized spacial score (nSPS) is 27.9. The lowest BCUT2D eigenvalue weighted by molar-refractivity contribution is 0.144. The van der Waals surface area contributed by atoms with Crippen LogP contribution in [0, 0.1) is 0 Å². The van der Waals surface area contributed by atoms with E-state index in [1.165, 1.54) is 5.56 Å². The van der Waals surface area contributed by atoms with Gasteiger partial charge in [0.1, 0.15) is 0 Å². The fourth-order valence-electron chi connectivity index (χ4n) is 2.18. The first-order chi connectivity index (χ1) is 7.27. The highest BCUT2D eigenvalue weighted by molar-refractivity contribution is 5.13. The average molecular weight is 206 g/mol. The number of nitrogens with one attached hydrogen (secondary N) is 1. The summed E-state index contributed by atoms with van der Waals surface area (Å²) in [6.45, 7) is 2.11. The maximum atomic E-state index is 9.71. The van der Waals surface area contributed by atoms with E-state index < -0.39 is 0 Å². The SMILES string of the molecule is CC(N[C@H]1CCC[C@@H]1O)c1cccnc1. The van der Waals surface area contributed by atoms with Gasteiger partial charge in [-0.25, -0.2) is 0 Å². The Morgan fingerprint density at radius 2 is 2.40 bits per heavy atom. The number of pyridine rings is 1. The second-order valence-corrected chi connectivity index (χ2v) is 4.28. The van der Waals surface area contributed by atoms with E-state index in [0.29, 0.717) is 0 Å². The van der Waals surface area contributed by atoms with Crippen molar-refractivity contribution in [2.75, 3.05) is 0 Å². The van der Waals surface area contributed by atoms with Gasteiger partial charge in [-0.1, -0.05) is 6.07 Å². The van der Waals surface area contributed by atoms with Crippen molar-refractivity contribution in [2.45, 2.75) is 44.4 Å². The lowest BCUT2D eigenvalue weighted by Crippen LogP contribution is -2.37. The van der Waals surface area contributed by atoms with Crippen LogP contribution in [-0.4, -0.2) is 22.2 Å². The van der Waals surface area contributed by atoms with E-state index in [1.54, 1.807) is 6.20 Å². The van der Waals surface area contributed by atoms with Crippen LogP contribution in [-0.2, 0) is 0 Å². The van der Waals surface area contributed by atoms with Crippen molar-refractivity contribution in [1.82, 2.24) is 10.3 Å². The first-order valence-electron chi connectivity index (χ1n) is 5.61. The number of aromatic nitrogens is 1. The van der Waals surface area contributed by atoms with E-state index in [2.05, 4.69) is 23.3 Å². The van der Waals surface area contributed by atoms with E-state index >= 15 is 0 Å². The van der Waals surface area contributed by atoms with Crippen molar-refractivity contribution >= 4 is 0 Å². The molecule has 0 aliphatic heterocycles. The summed E-state index contributed by atoms with van der Waals surface area (Å²) in [6.07, 6.45) is 6.60. The molecule has 1 fully saturated rings. The maximum absolute atomic E-state index is 9.71. The molecule has 0 amide bonds. The summed E-state index contributed by atoms with van der Waals surface area (Å²) in [6, 6.07) is 4.52. The molecule has 3 atom stereocenters. The highest BCUT2D eigenvalue weighted by Crippen LogP contribution is 2.22. The average Bonchev–Trinajstić information content (AvgIpc) is 2.66. The van der Waals surface area contributed by atoms with Crippen LogP contribution >= 0.6 is 0 Å². The Bertz CT molecular complexity index is 302. The summed E-state index contributed by atoms with van der Waals surface area (Å²) in [5.41, 5.74) is 1.18. The Morgan fingerprint density at radius 3 is 3.00 bits per heavy atom.